The molecule has 0 heterocycles. The highest BCUT2D eigenvalue weighted by molar-refractivity contribution is 7.95. The van der Waals surface area contributed by atoms with E-state index in [0.717, 1.165) is 5.66 Å². The van der Waals surface area contributed by atoms with Crippen molar-refractivity contribution in [2.24, 2.45) is 5.41 Å². The molecule has 0 nitrogen and oxygen atoms in total. The van der Waals surface area contributed by atoms with Crippen molar-refractivity contribution in [1.82, 2.24) is 0 Å². The molecule has 0 N–H and O–H groups in total. The summed E-state index contributed by atoms with van der Waals surface area (Å²) in [5, 5.41) is 4.74. The predicted molar refractivity (Wildman–Crippen MR) is 117 cm³/mol. The zero-order valence-electron chi connectivity index (χ0n) is 15.8. The zero-order chi connectivity index (χ0) is 17.7. The molecule has 1 aliphatic rings. The fourth-order valence-electron chi connectivity index (χ4n) is 3.52. The minimum atomic E-state index is -0.423. The van der Waals surface area contributed by atoms with Crippen LogP contribution in [0.25, 0.3) is 0 Å². The molecule has 0 unspecified atom stereocenters. The lowest BCUT2D eigenvalue weighted by atomic mass is 10.00. The molecule has 0 saturated heterocycles. The maximum absolute atomic E-state index is 2.42. The zero-order valence-corrected chi connectivity index (χ0v) is 17.6. The monoisotopic (exact) mass is 368 g/mol. The Morgan fingerprint density at radius 2 is 1.28 bits per heavy atom. The molecule has 1 fully saturated rings. The Bertz CT molecular complexity index is 638. The van der Waals surface area contributed by atoms with Crippen LogP contribution in [0.15, 0.2) is 60.7 Å². The largest absolute Gasteiger partial charge is 0.0958 e. The van der Waals surface area contributed by atoms with Crippen molar-refractivity contribution in [3.8, 4) is 0 Å². The Labute approximate surface area is 156 Å². The van der Waals surface area contributed by atoms with Crippen molar-refractivity contribution in [2.75, 3.05) is 0 Å². The summed E-state index contributed by atoms with van der Waals surface area (Å²) in [5.41, 5.74) is 1.09. The molecule has 2 aromatic rings. The summed E-state index contributed by atoms with van der Waals surface area (Å²) in [6.07, 6.45) is 7.10. The second-order valence-electron chi connectivity index (χ2n) is 8.00. The third-order valence-electron chi connectivity index (χ3n) is 4.79. The van der Waals surface area contributed by atoms with Crippen LogP contribution in [0.5, 0.6) is 0 Å². The van der Waals surface area contributed by atoms with Gasteiger partial charge >= 0.3 is 0 Å². The molecule has 3 rings (SSSR count). The van der Waals surface area contributed by atoms with E-state index < -0.39 is 7.92 Å². The summed E-state index contributed by atoms with van der Waals surface area (Å²) in [4.78, 5) is 0. The van der Waals surface area contributed by atoms with Crippen LogP contribution in [-0.2, 0) is 0 Å². The van der Waals surface area contributed by atoms with E-state index in [2.05, 4.69) is 81.4 Å². The van der Waals surface area contributed by atoms with Crippen molar-refractivity contribution < 1.29 is 0 Å². The van der Waals surface area contributed by atoms with E-state index in [1.807, 2.05) is 0 Å². The molecule has 0 bridgehead atoms. The van der Waals surface area contributed by atoms with E-state index in [1.54, 1.807) is 13.2 Å². The van der Waals surface area contributed by atoms with E-state index in [0.29, 0.717) is 0 Å². The Balaban J connectivity index is 2.08. The molecule has 0 atom stereocenters. The van der Waals surface area contributed by atoms with E-state index in [1.165, 1.54) is 42.7 Å². The summed E-state index contributed by atoms with van der Waals surface area (Å²) in [6, 6.07) is 22.4. The van der Waals surface area contributed by atoms with Crippen LogP contribution >= 0.6 is 16.1 Å². The normalized spacial score (nSPS) is 17.0. The van der Waals surface area contributed by atoms with Crippen molar-refractivity contribution >= 4 is 31.8 Å². The molecule has 0 radical (unpaired) electrons. The van der Waals surface area contributed by atoms with Gasteiger partial charge in [0.2, 0.25) is 0 Å². The van der Waals surface area contributed by atoms with Gasteiger partial charge in [-0.05, 0) is 41.8 Å². The molecule has 1 saturated carbocycles. The van der Waals surface area contributed by atoms with Crippen LogP contribution in [-0.4, -0.2) is 10.7 Å². The molecular formula is C23H30P2. The molecule has 0 amide bonds. The fraction of sp³-hybridized carbons (Fsp3) is 0.435. The summed E-state index contributed by atoms with van der Waals surface area (Å²) in [7, 11) is 1.19. The number of hydrogen-bond donors (Lipinski definition) is 0. The molecule has 1 aliphatic carbocycles. The Morgan fingerprint density at radius 3 is 1.72 bits per heavy atom. The number of rotatable bonds is 4. The van der Waals surface area contributed by atoms with Gasteiger partial charge in [-0.25, -0.2) is 0 Å². The van der Waals surface area contributed by atoms with Gasteiger partial charge in [-0.15, -0.1) is 0 Å². The molecule has 2 heteroatoms. The second kappa shape index (κ2) is 8.62. The van der Waals surface area contributed by atoms with Crippen LogP contribution in [0.3, 0.4) is 0 Å². The van der Waals surface area contributed by atoms with Crippen LogP contribution in [0, 0.1) is 5.41 Å². The third kappa shape index (κ3) is 5.03. The Hall–Kier alpha value is -0.960. The highest BCUT2D eigenvalue weighted by Crippen LogP contribution is 2.48. The first-order valence-corrected chi connectivity index (χ1v) is 11.8. The van der Waals surface area contributed by atoms with E-state index >= 15 is 0 Å². The van der Waals surface area contributed by atoms with Crippen molar-refractivity contribution in [1.29, 1.82) is 0 Å². The van der Waals surface area contributed by atoms with Crippen molar-refractivity contribution in [2.45, 2.75) is 58.5 Å². The minimum absolute atomic E-state index is 0.233. The summed E-state index contributed by atoms with van der Waals surface area (Å²) in [6.45, 7) is 7.25. The van der Waals surface area contributed by atoms with Crippen molar-refractivity contribution in [3.63, 3.8) is 0 Å². The Morgan fingerprint density at radius 1 is 0.800 bits per heavy atom. The highest BCUT2D eigenvalue weighted by atomic mass is 31.1. The first-order chi connectivity index (χ1) is 12.1. The lowest BCUT2D eigenvalue weighted by Crippen LogP contribution is -2.27. The van der Waals surface area contributed by atoms with Gasteiger partial charge in [-0.2, -0.15) is 0 Å². The summed E-state index contributed by atoms with van der Waals surface area (Å²) in [5.74, 6) is 0. The number of benzene rings is 2. The Kier molecular flexibility index (Phi) is 6.49. The predicted octanol–water partition coefficient (Wildman–Crippen LogP) is 6.57. The summed E-state index contributed by atoms with van der Waals surface area (Å²) >= 11 is 0. The van der Waals surface area contributed by atoms with Gasteiger partial charge in [0.15, 0.2) is 0 Å². The van der Waals surface area contributed by atoms with Gasteiger partial charge in [0.25, 0.3) is 0 Å². The SMILES string of the molecule is CC(C)(C)C(=PC1CCCCC1)P(c1ccccc1)c1ccccc1. The maximum atomic E-state index is 2.42. The molecule has 0 spiro atoms. The first-order valence-electron chi connectivity index (χ1n) is 9.54. The van der Waals surface area contributed by atoms with Gasteiger partial charge in [0.05, 0.1) is 0 Å². The van der Waals surface area contributed by atoms with Crippen LogP contribution in [0.4, 0.5) is 0 Å². The highest BCUT2D eigenvalue weighted by Gasteiger charge is 2.29. The molecule has 132 valence electrons. The average Bonchev–Trinajstić information content (AvgIpc) is 2.63. The molecule has 2 aromatic carbocycles. The fourth-order valence-corrected chi connectivity index (χ4v) is 8.92. The topological polar surface area (TPSA) is 0 Å². The lowest BCUT2D eigenvalue weighted by molar-refractivity contribution is 0.515. The lowest BCUT2D eigenvalue weighted by Gasteiger charge is -2.33. The molecule has 0 aromatic heterocycles. The van der Waals surface area contributed by atoms with Gasteiger partial charge in [-0.3, -0.25) is 0 Å². The standard InChI is InChI=1S/C23H30P2/c1-23(2,3)22(24-19-13-7-4-8-14-19)25(20-15-9-5-10-16-20)21-17-11-6-12-18-21/h5-6,9-12,15-19H,4,7-8,13-14H2,1-3H3. The summed E-state index contributed by atoms with van der Waals surface area (Å²) < 4.78 is 0. The quantitative estimate of drug-likeness (QED) is 0.535. The molecule has 25 heavy (non-hydrogen) atoms. The minimum Gasteiger partial charge on any atom is -0.0958 e. The van der Waals surface area contributed by atoms with Crippen LogP contribution in [0.1, 0.15) is 52.9 Å². The van der Waals surface area contributed by atoms with Gasteiger partial charge in [-0.1, -0.05) is 109 Å². The average molecular weight is 368 g/mol. The molecular weight excluding hydrogens is 338 g/mol. The van der Waals surface area contributed by atoms with E-state index in [-0.39, 0.29) is 5.41 Å². The van der Waals surface area contributed by atoms with Gasteiger partial charge in [0, 0.05) is 5.66 Å². The van der Waals surface area contributed by atoms with Gasteiger partial charge in [0.1, 0.15) is 0 Å². The van der Waals surface area contributed by atoms with E-state index in [9.17, 15) is 0 Å². The van der Waals surface area contributed by atoms with Crippen molar-refractivity contribution in [3.05, 3.63) is 60.7 Å². The van der Waals surface area contributed by atoms with E-state index in [4.69, 9.17) is 0 Å². The molecule has 0 aliphatic heterocycles. The smallest absolute Gasteiger partial charge is 0.00122 e. The van der Waals surface area contributed by atoms with Crippen LogP contribution in [0.2, 0.25) is 0 Å². The first kappa shape index (κ1) is 18.8. The third-order valence-corrected chi connectivity index (χ3v) is 10.3. The van der Waals surface area contributed by atoms with Crippen LogP contribution < -0.4 is 10.6 Å². The number of hydrogen-bond acceptors (Lipinski definition) is 0. The van der Waals surface area contributed by atoms with Gasteiger partial charge < -0.3 is 0 Å². The maximum Gasteiger partial charge on any atom is 0.00122 e. The second-order valence-corrected chi connectivity index (χ2v) is 11.9.